The predicted molar refractivity (Wildman–Crippen MR) is 81.9 cm³/mol. The molecule has 0 saturated heterocycles. The highest BCUT2D eigenvalue weighted by atomic mass is 79.9. The van der Waals surface area contributed by atoms with E-state index in [2.05, 4.69) is 58.3 Å². The van der Waals surface area contributed by atoms with Gasteiger partial charge in [0.05, 0.1) is 22.4 Å². The number of aryl methyl sites for hydroxylation is 1. The predicted octanol–water partition coefficient (Wildman–Crippen LogP) is 3.26. The van der Waals surface area contributed by atoms with Crippen LogP contribution in [-0.4, -0.2) is 9.78 Å². The van der Waals surface area contributed by atoms with Crippen molar-refractivity contribution in [3.8, 4) is 0 Å². The summed E-state index contributed by atoms with van der Waals surface area (Å²) in [7, 11) is 1.89. The summed E-state index contributed by atoms with van der Waals surface area (Å²) < 4.78 is 4.71. The zero-order valence-corrected chi connectivity index (χ0v) is 14.3. The van der Waals surface area contributed by atoms with Crippen molar-refractivity contribution >= 4 is 47.8 Å². The zero-order valence-electron chi connectivity index (χ0n) is 9.49. The Hall–Kier alpha value is -0.210. The lowest BCUT2D eigenvalue weighted by Crippen LogP contribution is -2.30. The minimum atomic E-state index is -0.144. The van der Waals surface area contributed by atoms with Gasteiger partial charge in [-0.05, 0) is 33.6 Å². The number of nitrogens with two attached hydrogens (primary N) is 1. The van der Waals surface area contributed by atoms with Gasteiger partial charge in [-0.15, -0.1) is 0 Å². The Bertz CT molecular complexity index is 548. The largest absolute Gasteiger partial charge is 0.271 e. The van der Waals surface area contributed by atoms with Gasteiger partial charge >= 0.3 is 0 Å². The molecule has 1 aromatic carbocycles. The highest BCUT2D eigenvalue weighted by Crippen LogP contribution is 2.33. The Labute approximate surface area is 130 Å². The average molecular weight is 439 g/mol. The molecule has 1 unspecified atom stereocenters. The van der Waals surface area contributed by atoms with Crippen molar-refractivity contribution in [1.82, 2.24) is 15.2 Å². The third kappa shape index (κ3) is 2.70. The summed E-state index contributed by atoms with van der Waals surface area (Å²) in [6.07, 6.45) is 1.76. The highest BCUT2D eigenvalue weighted by Gasteiger charge is 2.21. The van der Waals surface area contributed by atoms with E-state index in [0.717, 1.165) is 24.7 Å². The zero-order chi connectivity index (χ0) is 13.3. The van der Waals surface area contributed by atoms with Gasteiger partial charge in [0.1, 0.15) is 0 Å². The van der Waals surface area contributed by atoms with Crippen LogP contribution in [-0.2, 0) is 7.05 Å². The molecule has 0 aliphatic rings. The second kappa shape index (κ2) is 5.83. The summed E-state index contributed by atoms with van der Waals surface area (Å²) in [5.74, 6) is 5.70. The molecule has 1 heterocycles. The maximum atomic E-state index is 5.70. The monoisotopic (exact) mass is 436 g/mol. The molecule has 2 aromatic rings. The number of hydrazine groups is 1. The molecular weight excluding hydrogens is 428 g/mol. The molecule has 18 heavy (non-hydrogen) atoms. The number of nitrogens with one attached hydrogen (secondary N) is 1. The molecule has 0 radical (unpaired) electrons. The topological polar surface area (TPSA) is 55.9 Å². The maximum absolute atomic E-state index is 5.70. The third-order valence-electron chi connectivity index (χ3n) is 2.65. The molecule has 0 bridgehead atoms. The van der Waals surface area contributed by atoms with E-state index in [1.165, 1.54) is 0 Å². The quantitative estimate of drug-likeness (QED) is 0.571. The second-order valence-electron chi connectivity index (χ2n) is 3.77. The second-order valence-corrected chi connectivity index (χ2v) is 6.39. The summed E-state index contributed by atoms with van der Waals surface area (Å²) >= 11 is 10.5. The Kier molecular flexibility index (Phi) is 4.60. The van der Waals surface area contributed by atoms with Crippen molar-refractivity contribution in [1.29, 1.82) is 0 Å². The fourth-order valence-electron chi connectivity index (χ4n) is 1.80. The molecule has 1 aromatic heterocycles. The Morgan fingerprint density at radius 1 is 1.28 bits per heavy atom. The van der Waals surface area contributed by atoms with Gasteiger partial charge in [-0.3, -0.25) is 10.5 Å². The minimum absolute atomic E-state index is 0.144. The van der Waals surface area contributed by atoms with E-state index in [1.54, 1.807) is 10.9 Å². The lowest BCUT2D eigenvalue weighted by Gasteiger charge is -2.19. The van der Waals surface area contributed by atoms with Gasteiger partial charge in [0.2, 0.25) is 0 Å². The van der Waals surface area contributed by atoms with E-state index >= 15 is 0 Å². The first-order valence-electron chi connectivity index (χ1n) is 5.13. The van der Waals surface area contributed by atoms with E-state index in [9.17, 15) is 0 Å². The maximum Gasteiger partial charge on any atom is 0.0900 e. The van der Waals surface area contributed by atoms with Crippen molar-refractivity contribution in [2.45, 2.75) is 6.04 Å². The van der Waals surface area contributed by atoms with Crippen LogP contribution in [0.3, 0.4) is 0 Å². The molecule has 2 rings (SSSR count). The number of rotatable bonds is 3. The fraction of sp³-hybridized carbons (Fsp3) is 0.182. The van der Waals surface area contributed by atoms with Crippen LogP contribution in [0.2, 0.25) is 0 Å². The van der Waals surface area contributed by atoms with Gasteiger partial charge in [-0.1, -0.05) is 37.9 Å². The van der Waals surface area contributed by atoms with Gasteiger partial charge in [0, 0.05) is 16.0 Å². The molecule has 0 aliphatic heterocycles. The highest BCUT2D eigenvalue weighted by molar-refractivity contribution is 9.11. The molecule has 1 atom stereocenters. The first-order chi connectivity index (χ1) is 8.54. The number of nitrogens with zero attached hydrogens (tertiary/aromatic N) is 2. The van der Waals surface area contributed by atoms with E-state index in [1.807, 2.05) is 25.2 Å². The third-order valence-corrected chi connectivity index (χ3v) is 4.44. The Balaban J connectivity index is 2.52. The molecule has 0 saturated carbocycles. The lowest BCUT2D eigenvalue weighted by molar-refractivity contribution is 0.571. The molecule has 4 nitrogen and oxygen atoms in total. The number of halogens is 3. The van der Waals surface area contributed by atoms with Gasteiger partial charge in [-0.2, -0.15) is 5.10 Å². The molecule has 0 spiro atoms. The first kappa shape index (κ1) is 14.2. The van der Waals surface area contributed by atoms with Crippen LogP contribution < -0.4 is 11.3 Å². The Morgan fingerprint density at radius 3 is 2.50 bits per heavy atom. The summed E-state index contributed by atoms with van der Waals surface area (Å²) in [6, 6.07) is 5.84. The van der Waals surface area contributed by atoms with E-state index in [4.69, 9.17) is 5.84 Å². The van der Waals surface area contributed by atoms with Gasteiger partial charge in [-0.25, -0.2) is 5.43 Å². The van der Waals surface area contributed by atoms with Crippen LogP contribution in [0.15, 0.2) is 37.8 Å². The smallest absolute Gasteiger partial charge is 0.0900 e. The average Bonchev–Trinajstić information content (AvgIpc) is 2.64. The van der Waals surface area contributed by atoms with Crippen LogP contribution in [0, 0.1) is 0 Å². The molecule has 3 N–H and O–H groups in total. The van der Waals surface area contributed by atoms with Crippen molar-refractivity contribution in [2.75, 3.05) is 0 Å². The van der Waals surface area contributed by atoms with E-state index < -0.39 is 0 Å². The van der Waals surface area contributed by atoms with Crippen molar-refractivity contribution in [2.24, 2.45) is 12.9 Å². The summed E-state index contributed by atoms with van der Waals surface area (Å²) in [5, 5.41) is 4.21. The number of hydrogen-bond donors (Lipinski definition) is 2. The standard InChI is InChI=1S/C11H11Br3N4/c1-18-11(9(14)5-16-18)10(17-15)7-3-2-6(12)4-8(7)13/h2-5,10,17H,15H2,1H3. The molecule has 0 aliphatic carbocycles. The first-order valence-corrected chi connectivity index (χ1v) is 7.51. The fourth-order valence-corrected chi connectivity index (χ4v) is 3.65. The Morgan fingerprint density at radius 2 is 2.00 bits per heavy atom. The molecule has 7 heteroatoms. The SMILES string of the molecule is Cn1ncc(Br)c1C(NN)c1ccc(Br)cc1Br. The lowest BCUT2D eigenvalue weighted by atomic mass is 10.0. The molecule has 0 amide bonds. The van der Waals surface area contributed by atoms with Crippen molar-refractivity contribution in [3.05, 3.63) is 49.1 Å². The minimum Gasteiger partial charge on any atom is -0.271 e. The van der Waals surface area contributed by atoms with Crippen LogP contribution in [0.1, 0.15) is 17.3 Å². The normalized spacial score (nSPS) is 12.7. The van der Waals surface area contributed by atoms with E-state index in [0.29, 0.717) is 0 Å². The molecule has 96 valence electrons. The van der Waals surface area contributed by atoms with Gasteiger partial charge < -0.3 is 0 Å². The number of aromatic nitrogens is 2. The van der Waals surface area contributed by atoms with Crippen LogP contribution in [0.4, 0.5) is 0 Å². The summed E-state index contributed by atoms with van der Waals surface area (Å²) in [5.41, 5.74) is 4.85. The summed E-state index contributed by atoms with van der Waals surface area (Å²) in [6.45, 7) is 0. The molecule has 0 fully saturated rings. The van der Waals surface area contributed by atoms with Crippen molar-refractivity contribution < 1.29 is 0 Å². The van der Waals surface area contributed by atoms with E-state index in [-0.39, 0.29) is 6.04 Å². The summed E-state index contributed by atoms with van der Waals surface area (Å²) in [4.78, 5) is 0. The molecular formula is C11H11Br3N4. The van der Waals surface area contributed by atoms with Crippen LogP contribution >= 0.6 is 47.8 Å². The van der Waals surface area contributed by atoms with Gasteiger partial charge in [0.25, 0.3) is 0 Å². The van der Waals surface area contributed by atoms with Gasteiger partial charge in [0.15, 0.2) is 0 Å². The van der Waals surface area contributed by atoms with Crippen LogP contribution in [0.5, 0.6) is 0 Å². The number of benzene rings is 1. The van der Waals surface area contributed by atoms with Crippen molar-refractivity contribution in [3.63, 3.8) is 0 Å². The van der Waals surface area contributed by atoms with Crippen LogP contribution in [0.25, 0.3) is 0 Å². The number of hydrogen-bond acceptors (Lipinski definition) is 3.